The Bertz CT molecular complexity index is 584. The first-order valence-electron chi connectivity index (χ1n) is 5.27. The highest BCUT2D eigenvalue weighted by Gasteiger charge is 2.18. The molecule has 5 heteroatoms. The van der Waals surface area contributed by atoms with Crippen LogP contribution in [0.2, 0.25) is 0 Å². The van der Waals surface area contributed by atoms with Gasteiger partial charge in [0.05, 0.1) is 4.92 Å². The number of phenols is 1. The molecule has 0 amide bonds. The summed E-state index contributed by atoms with van der Waals surface area (Å²) in [6.07, 6.45) is 0.451. The lowest BCUT2D eigenvalue weighted by atomic mass is 10.0. The lowest BCUT2D eigenvalue weighted by Gasteiger charge is -2.06. The van der Waals surface area contributed by atoms with Gasteiger partial charge in [0.25, 0.3) is 0 Å². The highest BCUT2D eigenvalue weighted by Crippen LogP contribution is 2.34. The van der Waals surface area contributed by atoms with Gasteiger partial charge in [-0.05, 0) is 11.6 Å². The number of rotatable bonds is 3. The molecule has 4 nitrogen and oxygen atoms in total. The minimum Gasteiger partial charge on any atom is -0.502 e. The lowest BCUT2D eigenvalue weighted by Crippen LogP contribution is -1.94. The van der Waals surface area contributed by atoms with Crippen molar-refractivity contribution in [3.05, 3.63) is 68.2 Å². The van der Waals surface area contributed by atoms with Gasteiger partial charge in [-0.2, -0.15) is 0 Å². The second-order valence-electron chi connectivity index (χ2n) is 3.85. The van der Waals surface area contributed by atoms with Gasteiger partial charge in [0.15, 0.2) is 5.75 Å². The van der Waals surface area contributed by atoms with E-state index < -0.39 is 4.92 Å². The number of nitro benzene ring substituents is 1. The van der Waals surface area contributed by atoms with E-state index in [1.807, 2.05) is 30.3 Å². The summed E-state index contributed by atoms with van der Waals surface area (Å²) in [5.74, 6) is -0.271. The second-order valence-corrected chi connectivity index (χ2v) is 4.77. The predicted molar refractivity (Wildman–Crippen MR) is 71.7 cm³/mol. The van der Waals surface area contributed by atoms with Crippen molar-refractivity contribution in [2.45, 2.75) is 6.42 Å². The molecule has 2 rings (SSSR count). The molecule has 92 valence electrons. The van der Waals surface area contributed by atoms with Crippen LogP contribution in [-0.2, 0) is 6.42 Å². The highest BCUT2D eigenvalue weighted by molar-refractivity contribution is 9.10. The number of aromatic hydroxyl groups is 1. The third kappa shape index (κ3) is 2.68. The van der Waals surface area contributed by atoms with E-state index in [1.54, 1.807) is 6.07 Å². The average Bonchev–Trinajstić information content (AvgIpc) is 2.34. The van der Waals surface area contributed by atoms with Gasteiger partial charge in [0.1, 0.15) is 0 Å². The fraction of sp³-hybridized carbons (Fsp3) is 0.0769. The third-order valence-electron chi connectivity index (χ3n) is 2.57. The van der Waals surface area contributed by atoms with Crippen LogP contribution in [0.15, 0.2) is 46.9 Å². The zero-order valence-corrected chi connectivity index (χ0v) is 10.9. The summed E-state index contributed by atoms with van der Waals surface area (Å²) in [5.41, 5.74) is 1.23. The maximum absolute atomic E-state index is 10.8. The minimum atomic E-state index is -0.589. The van der Waals surface area contributed by atoms with Crippen molar-refractivity contribution >= 4 is 21.6 Å². The number of hydrogen-bond donors (Lipinski definition) is 1. The normalized spacial score (nSPS) is 10.3. The summed E-state index contributed by atoms with van der Waals surface area (Å²) in [4.78, 5) is 10.2. The Morgan fingerprint density at radius 1 is 1.22 bits per heavy atom. The van der Waals surface area contributed by atoms with Gasteiger partial charge in [-0.25, -0.2) is 0 Å². The molecule has 2 aromatic carbocycles. The maximum atomic E-state index is 10.8. The molecular formula is C13H10BrNO3. The van der Waals surface area contributed by atoms with Gasteiger partial charge in [-0.1, -0.05) is 46.3 Å². The van der Waals surface area contributed by atoms with Crippen LogP contribution in [0.25, 0.3) is 0 Å². The zero-order chi connectivity index (χ0) is 13.1. The number of nitro groups is 1. The smallest absolute Gasteiger partial charge is 0.312 e. The molecule has 1 N–H and O–H groups in total. The highest BCUT2D eigenvalue weighted by atomic mass is 79.9. The Kier molecular flexibility index (Phi) is 3.62. The zero-order valence-electron chi connectivity index (χ0n) is 9.34. The van der Waals surface area contributed by atoms with Crippen molar-refractivity contribution in [3.8, 4) is 5.75 Å². The first kappa shape index (κ1) is 12.6. The van der Waals surface area contributed by atoms with Crippen LogP contribution in [0.3, 0.4) is 0 Å². The van der Waals surface area contributed by atoms with E-state index in [1.165, 1.54) is 6.07 Å². The molecule has 0 fully saturated rings. The van der Waals surface area contributed by atoms with Gasteiger partial charge < -0.3 is 5.11 Å². The Labute approximate surface area is 112 Å². The number of halogens is 1. The molecule has 0 bridgehead atoms. The first-order chi connectivity index (χ1) is 8.58. The molecule has 0 radical (unpaired) electrons. The maximum Gasteiger partial charge on any atom is 0.312 e. The van der Waals surface area contributed by atoms with Crippen LogP contribution in [0.1, 0.15) is 11.1 Å². The van der Waals surface area contributed by atoms with E-state index in [0.717, 1.165) is 5.56 Å². The van der Waals surface area contributed by atoms with Crippen molar-refractivity contribution in [2.24, 2.45) is 0 Å². The van der Waals surface area contributed by atoms with Crippen LogP contribution < -0.4 is 0 Å². The van der Waals surface area contributed by atoms with Crippen LogP contribution in [-0.4, -0.2) is 10.0 Å². The molecule has 0 unspecified atom stereocenters. The number of hydrogen-bond acceptors (Lipinski definition) is 3. The first-order valence-corrected chi connectivity index (χ1v) is 6.07. The van der Waals surface area contributed by atoms with Crippen molar-refractivity contribution in [1.82, 2.24) is 0 Å². The number of phenolic OH excluding ortho intramolecular Hbond substituents is 1. The molecule has 0 aliphatic heterocycles. The van der Waals surface area contributed by atoms with Crippen LogP contribution in [0, 0.1) is 10.1 Å². The molecular weight excluding hydrogens is 298 g/mol. The van der Waals surface area contributed by atoms with Gasteiger partial charge in [-0.15, -0.1) is 0 Å². The third-order valence-corrected chi connectivity index (χ3v) is 3.03. The van der Waals surface area contributed by atoms with Gasteiger partial charge >= 0.3 is 5.69 Å². The number of nitrogens with zero attached hydrogens (tertiary/aromatic N) is 1. The van der Waals surface area contributed by atoms with Crippen molar-refractivity contribution in [2.75, 3.05) is 0 Å². The van der Waals surface area contributed by atoms with Crippen LogP contribution in [0.4, 0.5) is 5.69 Å². The molecule has 0 saturated heterocycles. The Balaban J connectivity index is 2.42. The van der Waals surface area contributed by atoms with Crippen LogP contribution in [0.5, 0.6) is 5.75 Å². The second kappa shape index (κ2) is 5.18. The quantitative estimate of drug-likeness (QED) is 0.695. The largest absolute Gasteiger partial charge is 0.502 e. The standard InChI is InChI=1S/C13H10BrNO3/c14-11-7-10(6-9-4-2-1-3-5-9)13(16)12(8-11)15(17)18/h1-5,7-8,16H,6H2. The number of benzene rings is 2. The Hall–Kier alpha value is -1.88. The van der Waals surface area contributed by atoms with Gasteiger partial charge in [0.2, 0.25) is 0 Å². The molecule has 18 heavy (non-hydrogen) atoms. The van der Waals surface area contributed by atoms with E-state index in [0.29, 0.717) is 16.5 Å². The minimum absolute atomic E-state index is 0.271. The summed E-state index contributed by atoms with van der Waals surface area (Å²) in [6, 6.07) is 12.5. The van der Waals surface area contributed by atoms with Gasteiger partial charge in [-0.3, -0.25) is 10.1 Å². The lowest BCUT2D eigenvalue weighted by molar-refractivity contribution is -0.386. The molecule has 0 saturated carbocycles. The fourth-order valence-corrected chi connectivity index (χ4v) is 2.22. The van der Waals surface area contributed by atoms with E-state index in [-0.39, 0.29) is 11.4 Å². The predicted octanol–water partition coefficient (Wildman–Crippen LogP) is 3.65. The molecule has 0 atom stereocenters. The molecule has 2 aromatic rings. The Morgan fingerprint density at radius 2 is 1.89 bits per heavy atom. The van der Waals surface area contributed by atoms with Crippen molar-refractivity contribution < 1.29 is 10.0 Å². The van der Waals surface area contributed by atoms with Crippen molar-refractivity contribution in [3.63, 3.8) is 0 Å². The monoisotopic (exact) mass is 307 g/mol. The molecule has 0 aromatic heterocycles. The summed E-state index contributed by atoms with van der Waals surface area (Å²) >= 11 is 3.21. The van der Waals surface area contributed by atoms with E-state index in [4.69, 9.17) is 0 Å². The van der Waals surface area contributed by atoms with E-state index >= 15 is 0 Å². The molecule has 0 spiro atoms. The van der Waals surface area contributed by atoms with E-state index in [2.05, 4.69) is 15.9 Å². The van der Waals surface area contributed by atoms with Crippen molar-refractivity contribution in [1.29, 1.82) is 0 Å². The summed E-state index contributed by atoms with van der Waals surface area (Å²) in [6.45, 7) is 0. The van der Waals surface area contributed by atoms with Crippen LogP contribution >= 0.6 is 15.9 Å². The topological polar surface area (TPSA) is 63.4 Å². The fourth-order valence-electron chi connectivity index (χ4n) is 1.73. The van der Waals surface area contributed by atoms with Gasteiger partial charge in [0, 0.05) is 22.5 Å². The molecule has 0 aliphatic rings. The molecule has 0 heterocycles. The Morgan fingerprint density at radius 3 is 2.50 bits per heavy atom. The summed E-state index contributed by atoms with van der Waals surface area (Å²) in [5, 5.41) is 20.7. The summed E-state index contributed by atoms with van der Waals surface area (Å²) < 4.78 is 0.581. The SMILES string of the molecule is O=[N+]([O-])c1cc(Br)cc(Cc2ccccc2)c1O. The molecule has 0 aliphatic carbocycles. The van der Waals surface area contributed by atoms with E-state index in [9.17, 15) is 15.2 Å². The summed E-state index contributed by atoms with van der Waals surface area (Å²) in [7, 11) is 0. The average molecular weight is 308 g/mol.